The number of carboxylic acid groups (broad SMARTS) is 2. The maximum absolute atomic E-state index is 13.4. The molecule has 17 nitrogen and oxygen atoms in total. The molecule has 2 aliphatic heterocycles. The quantitative estimate of drug-likeness (QED) is 0.133. The summed E-state index contributed by atoms with van der Waals surface area (Å²) < 4.78 is 11.9. The van der Waals surface area contributed by atoms with Crippen LogP contribution in [0.15, 0.2) is 52.6 Å². The minimum Gasteiger partial charge on any atom is -0.496 e. The van der Waals surface area contributed by atoms with Crippen LogP contribution in [0.1, 0.15) is 76.6 Å². The molecule has 1 spiro atoms. The highest BCUT2D eigenvalue weighted by atomic mass is 16.7. The molecule has 0 aliphatic carbocycles. The van der Waals surface area contributed by atoms with E-state index in [4.69, 9.17) is 34.4 Å². The zero-order valence-corrected chi connectivity index (χ0v) is 29.9. The van der Waals surface area contributed by atoms with Crippen molar-refractivity contribution in [2.45, 2.75) is 88.6 Å². The van der Waals surface area contributed by atoms with Crippen LogP contribution in [0.5, 0.6) is 5.75 Å². The number of carboxylic acids is 2. The van der Waals surface area contributed by atoms with Crippen LogP contribution in [0.25, 0.3) is 22.6 Å². The molecule has 0 unspecified atom stereocenters. The van der Waals surface area contributed by atoms with Crippen molar-refractivity contribution in [1.29, 1.82) is 0 Å². The van der Waals surface area contributed by atoms with E-state index in [0.29, 0.717) is 48.8 Å². The smallest absolute Gasteiger partial charge is 0.335 e. The number of oxime groups is 1. The molecule has 3 aromatic rings. The number of hydrogen-bond acceptors (Lipinski definition) is 14. The molecule has 1 fully saturated rings. The lowest BCUT2D eigenvalue weighted by atomic mass is 9.87. The third-order valence-electron chi connectivity index (χ3n) is 9.10. The van der Waals surface area contributed by atoms with Crippen molar-refractivity contribution >= 4 is 29.3 Å². The van der Waals surface area contributed by atoms with E-state index in [1.54, 1.807) is 31.9 Å². The van der Waals surface area contributed by atoms with E-state index in [-0.39, 0.29) is 11.7 Å². The van der Waals surface area contributed by atoms with Crippen LogP contribution in [0, 0.1) is 0 Å². The van der Waals surface area contributed by atoms with E-state index >= 15 is 0 Å². The first-order chi connectivity index (χ1) is 25.4. The second-order valence-electron chi connectivity index (χ2n) is 12.9. The number of Topliss-reactive ketones (excluding diaryl/α,β-unsaturated/α-hetero) is 1. The van der Waals surface area contributed by atoms with E-state index in [1.807, 2.05) is 25.1 Å². The Morgan fingerprint density at radius 2 is 1.72 bits per heavy atom. The number of amides is 1. The largest absolute Gasteiger partial charge is 0.496 e. The molecule has 2 aliphatic rings. The lowest BCUT2D eigenvalue weighted by Crippen LogP contribution is -2.44. The maximum Gasteiger partial charge on any atom is 0.335 e. The minimum atomic E-state index is -2.27. The fraction of sp³-hybridized carbons (Fsp3) is 0.500. The number of rotatable bonds is 16. The number of piperidine rings is 1. The molecule has 1 saturated heterocycles. The van der Waals surface area contributed by atoms with Crippen LogP contribution in [0.4, 0.5) is 0 Å². The summed E-state index contributed by atoms with van der Waals surface area (Å²) in [6.07, 6.45) is 8.48. The highest BCUT2D eigenvalue weighted by Crippen LogP contribution is 2.36. The highest BCUT2D eigenvalue weighted by molar-refractivity contribution is 6.39. The number of methoxy groups -OCH3 is 1. The number of aliphatic hydroxyl groups excluding tert-OH is 2. The number of ketones is 1. The summed E-state index contributed by atoms with van der Waals surface area (Å²) in [5, 5.41) is 39.8. The van der Waals surface area contributed by atoms with Crippen LogP contribution in [0.2, 0.25) is 0 Å². The van der Waals surface area contributed by atoms with Gasteiger partial charge in [0.1, 0.15) is 28.9 Å². The summed E-state index contributed by atoms with van der Waals surface area (Å²) in [6, 6.07) is 5.25. The van der Waals surface area contributed by atoms with Gasteiger partial charge in [0.05, 0.1) is 30.8 Å². The highest BCUT2D eigenvalue weighted by Gasteiger charge is 2.43. The topological polar surface area (TPSA) is 247 Å². The zero-order chi connectivity index (χ0) is 38.5. The Labute approximate surface area is 306 Å². The molecule has 2 aromatic heterocycles. The van der Waals surface area contributed by atoms with Crippen molar-refractivity contribution in [2.24, 2.45) is 5.16 Å². The summed E-state index contributed by atoms with van der Waals surface area (Å²) in [5.74, 6) is -2.01. The lowest BCUT2D eigenvalue weighted by molar-refractivity contribution is -0.165. The number of likely N-dealkylation sites (tertiary alicyclic amines) is 1. The van der Waals surface area contributed by atoms with Crippen molar-refractivity contribution in [2.75, 3.05) is 27.2 Å². The lowest BCUT2D eigenvalue weighted by Gasteiger charge is -2.35. The number of ether oxygens (including phenoxy) is 1. The monoisotopic (exact) mass is 738 g/mol. The standard InChI is InChI=1S/C32H40N6O5.C4H6O6/c1-4-23(39)8-6-5-7-9-25(36-30(40)26-19-32(43-37-26)12-16-38(2)17-13-32)31-35-21-29(42-31)24-11-10-22(18-28(24)41-3)27-20-33-14-15-34-27;5-1(3(7)8)2(6)4(9)10/h10-11,14-15,18,20-21,25H,4-9,12-13,16-17,19H2,1-3H3,(H,36,40);1-2,5-6H,(H,7,8)(H,9,10)/t25-;1-,2-/m01/s1. The molecule has 0 radical (unpaired) electrons. The number of benzene rings is 1. The van der Waals surface area contributed by atoms with Crippen LogP contribution < -0.4 is 10.1 Å². The molecule has 17 heteroatoms. The number of nitrogens with zero attached hydrogens (tertiary/aromatic N) is 5. The van der Waals surface area contributed by atoms with Crippen LogP contribution in [-0.4, -0.2) is 115 Å². The number of nitrogens with one attached hydrogen (secondary N) is 1. The predicted octanol–water partition coefficient (Wildman–Crippen LogP) is 3.01. The van der Waals surface area contributed by atoms with E-state index in [0.717, 1.165) is 62.0 Å². The van der Waals surface area contributed by atoms with Crippen molar-refractivity contribution in [3.8, 4) is 28.3 Å². The molecule has 1 amide bonds. The van der Waals surface area contributed by atoms with Gasteiger partial charge in [0, 0.05) is 63.2 Å². The Hall–Kier alpha value is -5.26. The molecule has 1 aromatic carbocycles. The Morgan fingerprint density at radius 3 is 2.34 bits per heavy atom. The van der Waals surface area contributed by atoms with Crippen molar-refractivity contribution in [3.05, 3.63) is 48.9 Å². The average Bonchev–Trinajstić information content (AvgIpc) is 3.83. The van der Waals surface area contributed by atoms with Gasteiger partial charge in [-0.25, -0.2) is 14.6 Å². The van der Waals surface area contributed by atoms with Gasteiger partial charge in [-0.05, 0) is 32.0 Å². The normalized spacial score (nSPS) is 16.7. The second kappa shape index (κ2) is 19.0. The van der Waals surface area contributed by atoms with Gasteiger partial charge < -0.3 is 44.6 Å². The van der Waals surface area contributed by atoms with Crippen LogP contribution >= 0.6 is 0 Å². The fourth-order valence-corrected chi connectivity index (χ4v) is 5.81. The summed E-state index contributed by atoms with van der Waals surface area (Å²) in [5.41, 5.74) is 2.33. The average molecular weight is 739 g/mol. The first-order valence-electron chi connectivity index (χ1n) is 17.3. The van der Waals surface area contributed by atoms with Gasteiger partial charge in [0.2, 0.25) is 5.89 Å². The molecule has 5 rings (SSSR count). The molecule has 3 atom stereocenters. The predicted molar refractivity (Wildman–Crippen MR) is 189 cm³/mol. The molecule has 53 heavy (non-hydrogen) atoms. The van der Waals surface area contributed by atoms with E-state index in [1.165, 1.54) is 0 Å². The van der Waals surface area contributed by atoms with E-state index in [2.05, 4.69) is 37.4 Å². The number of aliphatic carboxylic acids is 2. The maximum atomic E-state index is 13.4. The molecule has 5 N–H and O–H groups in total. The van der Waals surface area contributed by atoms with Crippen molar-refractivity contribution in [1.82, 2.24) is 25.2 Å². The Kier molecular flexibility index (Phi) is 14.5. The van der Waals surface area contributed by atoms with Gasteiger partial charge in [-0.1, -0.05) is 31.0 Å². The van der Waals surface area contributed by atoms with Crippen LogP contribution in [0.3, 0.4) is 0 Å². The number of unbranched alkanes of at least 4 members (excludes halogenated alkanes) is 2. The molecule has 0 bridgehead atoms. The Balaban J connectivity index is 0.000000550. The Bertz CT molecular complexity index is 1720. The second-order valence-corrected chi connectivity index (χ2v) is 12.9. The van der Waals surface area contributed by atoms with Gasteiger partial charge in [-0.15, -0.1) is 0 Å². The SMILES string of the molecule is CCC(=O)CCCCC[C@H](NC(=O)C1=NOC2(CCN(C)CC2)C1)c1ncc(-c2ccc(-c3cnccn3)cc2OC)o1.O=C(O)[C@H](O)[C@@H](O)C(=O)O. The number of carbonyl (C=O) groups excluding carboxylic acids is 2. The summed E-state index contributed by atoms with van der Waals surface area (Å²) in [7, 11) is 3.69. The first kappa shape index (κ1) is 40.5. The zero-order valence-electron chi connectivity index (χ0n) is 29.9. The minimum absolute atomic E-state index is 0.267. The summed E-state index contributed by atoms with van der Waals surface area (Å²) in [6.45, 7) is 3.71. The number of carbonyl (C=O) groups is 4. The van der Waals surface area contributed by atoms with Gasteiger partial charge >= 0.3 is 11.9 Å². The van der Waals surface area contributed by atoms with Gasteiger partial charge in [-0.3, -0.25) is 19.6 Å². The van der Waals surface area contributed by atoms with Gasteiger partial charge in [0.15, 0.2) is 18.0 Å². The first-order valence-corrected chi connectivity index (χ1v) is 17.3. The van der Waals surface area contributed by atoms with E-state index in [9.17, 15) is 19.2 Å². The summed E-state index contributed by atoms with van der Waals surface area (Å²) >= 11 is 0. The molecule has 4 heterocycles. The third kappa shape index (κ3) is 11.1. The number of oxazole rings is 1. The molecular weight excluding hydrogens is 692 g/mol. The van der Waals surface area contributed by atoms with Crippen LogP contribution in [-0.2, 0) is 24.0 Å². The summed E-state index contributed by atoms with van der Waals surface area (Å²) in [4.78, 5) is 65.9. The number of aliphatic hydroxyl groups is 2. The molecular formula is C36H46N6O11. The Morgan fingerprint density at radius 1 is 1.00 bits per heavy atom. The molecule has 0 saturated carbocycles. The number of aromatic nitrogens is 3. The number of hydrogen-bond donors (Lipinski definition) is 5. The third-order valence-corrected chi connectivity index (χ3v) is 9.10. The van der Waals surface area contributed by atoms with Gasteiger partial charge in [-0.2, -0.15) is 0 Å². The van der Waals surface area contributed by atoms with Crippen molar-refractivity contribution in [3.63, 3.8) is 0 Å². The van der Waals surface area contributed by atoms with E-state index < -0.39 is 35.8 Å². The fourth-order valence-electron chi connectivity index (χ4n) is 5.81. The van der Waals surface area contributed by atoms with Gasteiger partial charge in [0.25, 0.3) is 5.91 Å². The molecule has 286 valence electrons. The van der Waals surface area contributed by atoms with Crippen molar-refractivity contribution < 1.29 is 53.6 Å².